The third-order valence-corrected chi connectivity index (χ3v) is 4.26. The Labute approximate surface area is 117 Å². The van der Waals surface area contributed by atoms with Gasteiger partial charge >= 0.3 is 0 Å². The van der Waals surface area contributed by atoms with Crippen molar-refractivity contribution in [2.75, 3.05) is 6.61 Å². The second kappa shape index (κ2) is 6.15. The zero-order valence-corrected chi connectivity index (χ0v) is 12.4. The fraction of sp³-hybridized carbons (Fsp3) is 0.571. The van der Waals surface area contributed by atoms with E-state index in [4.69, 9.17) is 10.6 Å². The lowest BCUT2D eigenvalue weighted by Gasteiger charge is -2.40. The minimum absolute atomic E-state index is 0.145. The Morgan fingerprint density at radius 3 is 2.94 bits per heavy atom. The van der Waals surface area contributed by atoms with Crippen LogP contribution >= 0.6 is 15.9 Å². The Balaban J connectivity index is 2.09. The summed E-state index contributed by atoms with van der Waals surface area (Å²) in [5, 5.41) is 0. The van der Waals surface area contributed by atoms with Crippen molar-refractivity contribution in [2.24, 2.45) is 5.84 Å². The Kier molecular flexibility index (Phi) is 4.78. The van der Waals surface area contributed by atoms with E-state index in [0.717, 1.165) is 30.3 Å². The maximum Gasteiger partial charge on any atom is 0.0823 e. The summed E-state index contributed by atoms with van der Waals surface area (Å²) in [4.78, 5) is 0. The molecule has 3 nitrogen and oxygen atoms in total. The van der Waals surface area contributed by atoms with Crippen molar-refractivity contribution in [3.05, 3.63) is 34.3 Å². The monoisotopic (exact) mass is 312 g/mol. The predicted octanol–water partition coefficient (Wildman–Crippen LogP) is 2.78. The Morgan fingerprint density at radius 2 is 2.33 bits per heavy atom. The summed E-state index contributed by atoms with van der Waals surface area (Å²) in [5.41, 5.74) is 4.05. The number of ether oxygens (including phenoxy) is 1. The van der Waals surface area contributed by atoms with Gasteiger partial charge in [0.1, 0.15) is 0 Å². The molecule has 2 atom stereocenters. The van der Waals surface area contributed by atoms with E-state index in [9.17, 15) is 0 Å². The zero-order chi connectivity index (χ0) is 13.0. The van der Waals surface area contributed by atoms with Crippen LogP contribution in [0.25, 0.3) is 0 Å². The molecule has 0 amide bonds. The average Bonchev–Trinajstić information content (AvgIpc) is 2.37. The number of hydrazine groups is 1. The lowest BCUT2D eigenvalue weighted by atomic mass is 9.85. The van der Waals surface area contributed by atoms with E-state index < -0.39 is 0 Å². The highest BCUT2D eigenvalue weighted by atomic mass is 79.9. The predicted molar refractivity (Wildman–Crippen MR) is 77.2 cm³/mol. The number of rotatable bonds is 4. The van der Waals surface area contributed by atoms with E-state index in [1.807, 2.05) is 6.07 Å². The second-order valence-electron chi connectivity index (χ2n) is 5.17. The van der Waals surface area contributed by atoms with Gasteiger partial charge in [0.2, 0.25) is 0 Å². The van der Waals surface area contributed by atoms with E-state index >= 15 is 0 Å². The highest BCUT2D eigenvalue weighted by Gasteiger charge is 2.36. The third kappa shape index (κ3) is 3.32. The molecule has 0 aromatic heterocycles. The number of nitrogens with one attached hydrogen (secondary N) is 1. The molecule has 3 N–H and O–H groups in total. The first kappa shape index (κ1) is 14.0. The number of halogens is 1. The number of nitrogens with two attached hydrogens (primary N) is 1. The minimum atomic E-state index is -0.157. The van der Waals surface area contributed by atoms with Crippen LogP contribution in [0.5, 0.6) is 0 Å². The fourth-order valence-electron chi connectivity index (χ4n) is 2.58. The van der Waals surface area contributed by atoms with Crippen molar-refractivity contribution in [1.29, 1.82) is 0 Å². The first-order valence-corrected chi connectivity index (χ1v) is 7.28. The van der Waals surface area contributed by atoms with Gasteiger partial charge in [0.15, 0.2) is 0 Å². The topological polar surface area (TPSA) is 47.3 Å². The largest absolute Gasteiger partial charge is 0.374 e. The molecule has 1 heterocycles. The molecule has 1 fully saturated rings. The normalized spacial score (nSPS) is 25.9. The van der Waals surface area contributed by atoms with Crippen LogP contribution < -0.4 is 11.3 Å². The van der Waals surface area contributed by atoms with Crippen LogP contribution in [-0.4, -0.2) is 18.2 Å². The quantitative estimate of drug-likeness (QED) is 0.664. The number of hydrogen-bond acceptors (Lipinski definition) is 3. The fourth-order valence-corrected chi connectivity index (χ4v) is 3.03. The van der Waals surface area contributed by atoms with E-state index in [-0.39, 0.29) is 11.6 Å². The molecule has 0 saturated carbocycles. The van der Waals surface area contributed by atoms with Crippen molar-refractivity contribution in [3.8, 4) is 0 Å². The van der Waals surface area contributed by atoms with Gasteiger partial charge in [-0.15, -0.1) is 0 Å². The van der Waals surface area contributed by atoms with Gasteiger partial charge in [-0.2, -0.15) is 0 Å². The summed E-state index contributed by atoms with van der Waals surface area (Å²) in [6.07, 6.45) is 4.32. The molecule has 2 rings (SSSR count). The molecule has 4 heteroatoms. The lowest BCUT2D eigenvalue weighted by Crippen LogP contribution is -2.55. The Hall–Kier alpha value is -0.420. The maximum atomic E-state index is 5.97. The van der Waals surface area contributed by atoms with Crippen molar-refractivity contribution in [2.45, 2.75) is 44.2 Å². The van der Waals surface area contributed by atoms with E-state index in [1.54, 1.807) is 0 Å². The first-order valence-electron chi connectivity index (χ1n) is 6.48. The summed E-state index contributed by atoms with van der Waals surface area (Å²) in [7, 11) is 0. The smallest absolute Gasteiger partial charge is 0.0823 e. The number of hydrogen-bond donors (Lipinski definition) is 2. The van der Waals surface area contributed by atoms with Crippen LogP contribution in [-0.2, 0) is 11.2 Å². The molecular formula is C14H21BrN2O. The molecule has 1 aliphatic heterocycles. The first-order chi connectivity index (χ1) is 8.64. The van der Waals surface area contributed by atoms with Gasteiger partial charge in [0.05, 0.1) is 11.6 Å². The molecule has 0 aliphatic carbocycles. The van der Waals surface area contributed by atoms with Crippen LogP contribution in [0.15, 0.2) is 28.7 Å². The van der Waals surface area contributed by atoms with Crippen LogP contribution in [0, 0.1) is 0 Å². The second-order valence-corrected chi connectivity index (χ2v) is 6.09. The molecule has 2 unspecified atom stereocenters. The van der Waals surface area contributed by atoms with Gasteiger partial charge in [0, 0.05) is 11.1 Å². The van der Waals surface area contributed by atoms with E-state index in [1.165, 1.54) is 12.0 Å². The van der Waals surface area contributed by atoms with Crippen LogP contribution in [0.2, 0.25) is 0 Å². The zero-order valence-electron chi connectivity index (χ0n) is 10.8. The SMILES string of the molecule is CC1(C(Cc2cccc(Br)c2)NN)CCCCO1. The summed E-state index contributed by atoms with van der Waals surface area (Å²) >= 11 is 3.50. The molecule has 0 bridgehead atoms. The molecule has 1 aromatic carbocycles. The highest BCUT2D eigenvalue weighted by molar-refractivity contribution is 9.10. The van der Waals surface area contributed by atoms with Gasteiger partial charge in [-0.25, -0.2) is 0 Å². The van der Waals surface area contributed by atoms with Crippen LogP contribution in [0.1, 0.15) is 31.7 Å². The standard InChI is InChI=1S/C14H21BrN2O/c1-14(7-2-3-8-18-14)13(17-16)10-11-5-4-6-12(15)9-11/h4-6,9,13,17H,2-3,7-8,10,16H2,1H3. The summed E-state index contributed by atoms with van der Waals surface area (Å²) in [5.74, 6) is 5.73. The average molecular weight is 313 g/mol. The van der Waals surface area contributed by atoms with Crippen LogP contribution in [0.3, 0.4) is 0 Å². The minimum Gasteiger partial charge on any atom is -0.374 e. The Morgan fingerprint density at radius 1 is 1.50 bits per heavy atom. The number of benzene rings is 1. The molecule has 100 valence electrons. The Bertz CT molecular complexity index is 391. The van der Waals surface area contributed by atoms with Gasteiger partial charge in [-0.05, 0) is 50.3 Å². The van der Waals surface area contributed by atoms with Crippen LogP contribution in [0.4, 0.5) is 0 Å². The summed E-state index contributed by atoms with van der Waals surface area (Å²) < 4.78 is 7.07. The summed E-state index contributed by atoms with van der Waals surface area (Å²) in [6.45, 7) is 3.00. The molecule has 0 radical (unpaired) electrons. The lowest BCUT2D eigenvalue weighted by molar-refractivity contribution is -0.0884. The van der Waals surface area contributed by atoms with Gasteiger partial charge in [0.25, 0.3) is 0 Å². The molecule has 1 saturated heterocycles. The van der Waals surface area contributed by atoms with E-state index in [0.29, 0.717) is 0 Å². The molecule has 0 spiro atoms. The van der Waals surface area contributed by atoms with Crippen molar-refractivity contribution < 1.29 is 4.74 Å². The highest BCUT2D eigenvalue weighted by Crippen LogP contribution is 2.29. The van der Waals surface area contributed by atoms with Gasteiger partial charge < -0.3 is 4.74 Å². The van der Waals surface area contributed by atoms with Gasteiger partial charge in [-0.1, -0.05) is 28.1 Å². The molecular weight excluding hydrogens is 292 g/mol. The molecule has 1 aromatic rings. The van der Waals surface area contributed by atoms with Crippen molar-refractivity contribution in [3.63, 3.8) is 0 Å². The van der Waals surface area contributed by atoms with Crippen molar-refractivity contribution >= 4 is 15.9 Å². The molecule has 18 heavy (non-hydrogen) atoms. The van der Waals surface area contributed by atoms with Crippen molar-refractivity contribution in [1.82, 2.24) is 5.43 Å². The van der Waals surface area contributed by atoms with E-state index in [2.05, 4.69) is 46.5 Å². The third-order valence-electron chi connectivity index (χ3n) is 3.77. The van der Waals surface area contributed by atoms with Gasteiger partial charge in [-0.3, -0.25) is 11.3 Å². The summed E-state index contributed by atoms with van der Waals surface area (Å²) in [6, 6.07) is 8.49. The maximum absolute atomic E-state index is 5.97. The molecule has 1 aliphatic rings.